The van der Waals surface area contributed by atoms with Gasteiger partial charge in [0, 0.05) is 0 Å². The van der Waals surface area contributed by atoms with Crippen LogP contribution in [-0.4, -0.2) is 0 Å². The summed E-state index contributed by atoms with van der Waals surface area (Å²) in [5, 5.41) is 8.58. The highest BCUT2D eigenvalue weighted by atomic mass is 14.2. The van der Waals surface area contributed by atoms with Gasteiger partial charge in [-0.15, -0.1) is 0 Å². The average Bonchev–Trinajstić information content (AvgIpc) is 2.04. The van der Waals surface area contributed by atoms with E-state index in [1.807, 2.05) is 25.1 Å². The van der Waals surface area contributed by atoms with Crippen molar-refractivity contribution >= 4 is 0 Å². The van der Waals surface area contributed by atoms with E-state index in [0.29, 0.717) is 0 Å². The summed E-state index contributed by atoms with van der Waals surface area (Å²) in [6.07, 6.45) is 0.879. The monoisotopic (exact) mass is 130 g/mol. The Bertz CT molecular complexity index is 258. The molecule has 0 fully saturated rings. The number of benzene rings is 1. The zero-order valence-corrected chi connectivity index (χ0v) is 5.89. The third-order valence-electron chi connectivity index (χ3n) is 1.42. The lowest BCUT2D eigenvalue weighted by Crippen LogP contribution is -1.85. The van der Waals surface area contributed by atoms with Crippen LogP contribution in [0.25, 0.3) is 0 Å². The van der Waals surface area contributed by atoms with E-state index in [2.05, 4.69) is 12.1 Å². The minimum absolute atomic E-state index is 0.741. The van der Waals surface area contributed by atoms with E-state index in [1.165, 1.54) is 0 Å². The number of hydrogen-bond donors (Lipinski definition) is 0. The van der Waals surface area contributed by atoms with Crippen molar-refractivity contribution in [1.82, 2.24) is 0 Å². The molecule has 0 spiro atoms. The van der Waals surface area contributed by atoms with Crippen molar-refractivity contribution in [1.29, 1.82) is 5.26 Å². The molecule has 0 bridgehead atoms. The first-order valence-corrected chi connectivity index (χ1v) is 3.28. The quantitative estimate of drug-likeness (QED) is 0.569. The van der Waals surface area contributed by atoms with Crippen molar-refractivity contribution in [3.8, 4) is 6.07 Å². The van der Waals surface area contributed by atoms with Gasteiger partial charge >= 0.3 is 0 Å². The maximum Gasteiger partial charge on any atom is 0.0994 e. The fourth-order valence-electron chi connectivity index (χ4n) is 0.869. The van der Waals surface area contributed by atoms with Crippen LogP contribution in [0.4, 0.5) is 0 Å². The maximum absolute atomic E-state index is 8.58. The molecule has 0 atom stereocenters. The summed E-state index contributed by atoms with van der Waals surface area (Å²) in [5.41, 5.74) is 1.75. The van der Waals surface area contributed by atoms with Crippen LogP contribution in [0.1, 0.15) is 18.1 Å². The molecule has 0 aliphatic rings. The Kier molecular flexibility index (Phi) is 2.07. The lowest BCUT2D eigenvalue weighted by Gasteiger charge is -1.95. The lowest BCUT2D eigenvalue weighted by atomic mass is 10.1. The average molecular weight is 130 g/mol. The Labute approximate surface area is 60.9 Å². The second kappa shape index (κ2) is 3.03. The molecule has 1 nitrogen and oxygen atoms in total. The van der Waals surface area contributed by atoms with Gasteiger partial charge in [-0.2, -0.15) is 5.26 Å². The topological polar surface area (TPSA) is 23.8 Å². The van der Waals surface area contributed by atoms with Crippen LogP contribution in [0.15, 0.2) is 18.2 Å². The highest BCUT2D eigenvalue weighted by molar-refractivity contribution is 5.36. The molecule has 0 unspecified atom stereocenters. The van der Waals surface area contributed by atoms with E-state index >= 15 is 0 Å². The number of nitrogens with zero attached hydrogens (tertiary/aromatic N) is 1. The number of rotatable bonds is 1. The van der Waals surface area contributed by atoms with E-state index in [0.717, 1.165) is 17.5 Å². The van der Waals surface area contributed by atoms with Gasteiger partial charge in [0.15, 0.2) is 0 Å². The van der Waals surface area contributed by atoms with Gasteiger partial charge in [-0.1, -0.05) is 19.1 Å². The summed E-state index contributed by atoms with van der Waals surface area (Å²) >= 11 is 0. The molecule has 1 heteroatoms. The number of hydrogen-bond acceptors (Lipinski definition) is 1. The number of nitriles is 1. The molecule has 0 saturated heterocycles. The van der Waals surface area contributed by atoms with Crippen LogP contribution in [-0.2, 0) is 6.42 Å². The molecule has 1 rings (SSSR count). The van der Waals surface area contributed by atoms with Gasteiger partial charge in [-0.3, -0.25) is 0 Å². The second-order valence-corrected chi connectivity index (χ2v) is 2.03. The summed E-state index contributed by atoms with van der Waals surface area (Å²) in [6.45, 7) is 2.02. The largest absolute Gasteiger partial charge is 0.192 e. The van der Waals surface area contributed by atoms with E-state index < -0.39 is 0 Å². The van der Waals surface area contributed by atoms with Crippen LogP contribution in [0.2, 0.25) is 0 Å². The molecule has 49 valence electrons. The molecule has 0 heterocycles. The van der Waals surface area contributed by atoms with Crippen LogP contribution in [0.5, 0.6) is 0 Å². The molecule has 0 N–H and O–H groups in total. The normalized spacial score (nSPS) is 8.80. The first kappa shape index (κ1) is 6.82. The Hall–Kier alpha value is -1.29. The molecule has 0 aliphatic heterocycles. The summed E-state index contributed by atoms with van der Waals surface area (Å²) in [6, 6.07) is 10.6. The molecule has 0 aliphatic carbocycles. The fourth-order valence-corrected chi connectivity index (χ4v) is 0.869. The summed E-state index contributed by atoms with van der Waals surface area (Å²) in [5.74, 6) is 0. The third kappa shape index (κ3) is 1.16. The zero-order chi connectivity index (χ0) is 7.40. The predicted octanol–water partition coefficient (Wildman–Crippen LogP) is 1.92. The molecule has 0 amide bonds. The highest BCUT2D eigenvalue weighted by Gasteiger charge is 1.95. The Morgan fingerprint density at radius 1 is 1.70 bits per heavy atom. The van der Waals surface area contributed by atoms with Crippen LogP contribution < -0.4 is 0 Å². The molecule has 0 aromatic heterocycles. The van der Waals surface area contributed by atoms with E-state index in [9.17, 15) is 0 Å². The molecular formula is C9H8N. The Morgan fingerprint density at radius 2 is 2.50 bits per heavy atom. The molecule has 1 radical (unpaired) electrons. The zero-order valence-electron chi connectivity index (χ0n) is 5.89. The van der Waals surface area contributed by atoms with Gasteiger partial charge in [-0.05, 0) is 24.1 Å². The maximum atomic E-state index is 8.58. The van der Waals surface area contributed by atoms with Crippen molar-refractivity contribution in [3.63, 3.8) is 0 Å². The van der Waals surface area contributed by atoms with Crippen molar-refractivity contribution in [2.45, 2.75) is 13.3 Å². The molecule has 1 aromatic carbocycles. The van der Waals surface area contributed by atoms with Gasteiger partial charge in [0.05, 0.1) is 11.6 Å². The predicted molar refractivity (Wildman–Crippen MR) is 39.4 cm³/mol. The Balaban J connectivity index is 3.12. The van der Waals surface area contributed by atoms with Crippen LogP contribution in [0, 0.1) is 17.4 Å². The second-order valence-electron chi connectivity index (χ2n) is 2.03. The summed E-state index contributed by atoms with van der Waals surface area (Å²) in [7, 11) is 0. The summed E-state index contributed by atoms with van der Waals surface area (Å²) < 4.78 is 0. The molecule has 1 aromatic rings. The van der Waals surface area contributed by atoms with Crippen LogP contribution >= 0.6 is 0 Å². The minimum atomic E-state index is 0.741. The molecule has 0 saturated carbocycles. The van der Waals surface area contributed by atoms with Crippen molar-refractivity contribution in [2.75, 3.05) is 0 Å². The highest BCUT2D eigenvalue weighted by Crippen LogP contribution is 2.05. The third-order valence-corrected chi connectivity index (χ3v) is 1.42. The SMILES string of the molecule is CCc1[c]cccc1C#N. The standard InChI is InChI=1S/C9H8N/c1-2-8-5-3-4-6-9(8)7-10/h3-4,6H,2H2,1H3. The first-order valence-electron chi connectivity index (χ1n) is 3.28. The molecular weight excluding hydrogens is 122 g/mol. The molecule has 10 heavy (non-hydrogen) atoms. The first-order chi connectivity index (χ1) is 4.88. The lowest BCUT2D eigenvalue weighted by molar-refractivity contribution is 1.12. The van der Waals surface area contributed by atoms with E-state index in [4.69, 9.17) is 5.26 Å². The Morgan fingerprint density at radius 3 is 3.00 bits per heavy atom. The number of aryl methyl sites for hydroxylation is 1. The van der Waals surface area contributed by atoms with Crippen molar-refractivity contribution in [2.24, 2.45) is 0 Å². The van der Waals surface area contributed by atoms with Gasteiger partial charge in [-0.25, -0.2) is 0 Å². The van der Waals surface area contributed by atoms with Crippen molar-refractivity contribution < 1.29 is 0 Å². The van der Waals surface area contributed by atoms with Crippen LogP contribution in [0.3, 0.4) is 0 Å². The van der Waals surface area contributed by atoms with Gasteiger partial charge in [0.1, 0.15) is 0 Å². The summed E-state index contributed by atoms with van der Waals surface area (Å²) in [4.78, 5) is 0. The fraction of sp³-hybridized carbons (Fsp3) is 0.222. The van der Waals surface area contributed by atoms with Crippen molar-refractivity contribution in [3.05, 3.63) is 35.4 Å². The van der Waals surface area contributed by atoms with Gasteiger partial charge < -0.3 is 0 Å². The van der Waals surface area contributed by atoms with E-state index in [1.54, 1.807) is 0 Å². The van der Waals surface area contributed by atoms with E-state index in [-0.39, 0.29) is 0 Å². The van der Waals surface area contributed by atoms with Gasteiger partial charge in [0.25, 0.3) is 0 Å². The van der Waals surface area contributed by atoms with Gasteiger partial charge in [0.2, 0.25) is 0 Å². The minimum Gasteiger partial charge on any atom is -0.192 e. The smallest absolute Gasteiger partial charge is 0.0994 e.